The van der Waals surface area contributed by atoms with Gasteiger partial charge in [0, 0.05) is 6.20 Å². The predicted octanol–water partition coefficient (Wildman–Crippen LogP) is -0.105. The van der Waals surface area contributed by atoms with Crippen LogP contribution in [0.25, 0.3) is 0 Å². The Morgan fingerprint density at radius 3 is 2.71 bits per heavy atom. The number of halogens is 3. The summed E-state index contributed by atoms with van der Waals surface area (Å²) in [7, 11) is 0. The van der Waals surface area contributed by atoms with E-state index in [9.17, 15) is 18.0 Å². The number of anilines is 1. The lowest BCUT2D eigenvalue weighted by atomic mass is 10.5. The van der Waals surface area contributed by atoms with Crippen LogP contribution in [0.4, 0.5) is 19.0 Å². The second-order valence-corrected chi connectivity index (χ2v) is 3.03. The summed E-state index contributed by atoms with van der Waals surface area (Å²) in [6.45, 7) is -1.15. The Labute approximate surface area is 93.4 Å². The van der Waals surface area contributed by atoms with E-state index in [0.29, 0.717) is 0 Å². The van der Waals surface area contributed by atoms with Gasteiger partial charge in [0.15, 0.2) is 0 Å². The first-order valence-electron chi connectivity index (χ1n) is 4.50. The van der Waals surface area contributed by atoms with Crippen molar-refractivity contribution in [1.82, 2.24) is 9.55 Å². The number of rotatable bonds is 4. The van der Waals surface area contributed by atoms with Crippen LogP contribution in [0.1, 0.15) is 6.23 Å². The third-order valence-corrected chi connectivity index (χ3v) is 1.75. The van der Waals surface area contributed by atoms with Gasteiger partial charge in [0.2, 0.25) is 6.23 Å². The number of ether oxygens (including phenoxy) is 1. The summed E-state index contributed by atoms with van der Waals surface area (Å²) in [6.07, 6.45) is -6.45. The summed E-state index contributed by atoms with van der Waals surface area (Å²) in [5.74, 6) is -0.186. The molecule has 96 valence electrons. The Balaban J connectivity index is 3.09. The van der Waals surface area contributed by atoms with Crippen molar-refractivity contribution in [3.8, 4) is 0 Å². The van der Waals surface area contributed by atoms with Crippen LogP contribution in [-0.2, 0) is 4.74 Å². The molecule has 0 spiro atoms. The second-order valence-electron chi connectivity index (χ2n) is 3.03. The molecule has 0 aliphatic carbocycles. The molecule has 17 heavy (non-hydrogen) atoms. The number of aromatic nitrogens is 2. The maximum Gasteiger partial charge on any atom is 0.434 e. The average Bonchev–Trinajstić information content (AvgIpc) is 2.19. The van der Waals surface area contributed by atoms with Crippen LogP contribution in [0.2, 0.25) is 0 Å². The number of aliphatic hydroxyl groups is 1. The number of hydrogen-bond donors (Lipinski definition) is 2. The molecule has 0 aliphatic heterocycles. The summed E-state index contributed by atoms with van der Waals surface area (Å²) in [5, 5.41) is 8.43. The first-order valence-corrected chi connectivity index (χ1v) is 4.50. The molecule has 1 unspecified atom stereocenters. The normalized spacial score (nSPS) is 13.6. The molecule has 1 aromatic rings. The summed E-state index contributed by atoms with van der Waals surface area (Å²) in [5.41, 5.74) is 3.97. The van der Waals surface area contributed by atoms with Crippen LogP contribution in [0.15, 0.2) is 17.1 Å². The minimum Gasteiger partial charge on any atom is -0.394 e. The van der Waals surface area contributed by atoms with Gasteiger partial charge in [-0.2, -0.15) is 18.2 Å². The Kier molecular flexibility index (Phi) is 4.07. The van der Waals surface area contributed by atoms with Gasteiger partial charge in [0.05, 0.1) is 13.2 Å². The van der Waals surface area contributed by atoms with E-state index in [-0.39, 0.29) is 10.4 Å². The van der Waals surface area contributed by atoms with Crippen molar-refractivity contribution in [2.75, 3.05) is 18.9 Å². The predicted molar refractivity (Wildman–Crippen MR) is 51.0 cm³/mol. The topological polar surface area (TPSA) is 90.4 Å². The van der Waals surface area contributed by atoms with E-state index in [1.54, 1.807) is 0 Å². The van der Waals surface area contributed by atoms with Crippen molar-refractivity contribution in [2.24, 2.45) is 0 Å². The van der Waals surface area contributed by atoms with Crippen molar-refractivity contribution < 1.29 is 23.0 Å². The zero-order valence-electron chi connectivity index (χ0n) is 8.52. The quantitative estimate of drug-likeness (QED) is 0.781. The van der Waals surface area contributed by atoms with Crippen LogP contribution in [0, 0.1) is 0 Å². The second kappa shape index (κ2) is 5.15. The van der Waals surface area contributed by atoms with Crippen molar-refractivity contribution in [3.05, 3.63) is 22.7 Å². The molecule has 0 saturated heterocycles. The summed E-state index contributed by atoms with van der Waals surface area (Å²) in [4.78, 5) is 14.4. The highest BCUT2D eigenvalue weighted by atomic mass is 19.4. The minimum atomic E-state index is -4.79. The lowest BCUT2D eigenvalue weighted by Crippen LogP contribution is -2.37. The first-order chi connectivity index (χ1) is 7.86. The fraction of sp³-hybridized carbons (Fsp3) is 0.500. The van der Waals surface area contributed by atoms with Crippen LogP contribution < -0.4 is 11.4 Å². The molecule has 0 amide bonds. The van der Waals surface area contributed by atoms with Crippen molar-refractivity contribution >= 4 is 5.82 Å². The third-order valence-electron chi connectivity index (χ3n) is 1.75. The minimum absolute atomic E-state index is 0.186. The largest absolute Gasteiger partial charge is 0.434 e. The molecule has 9 heteroatoms. The fourth-order valence-corrected chi connectivity index (χ4v) is 1.10. The monoisotopic (exact) mass is 253 g/mol. The molecule has 0 saturated carbocycles. The molecule has 0 aromatic carbocycles. The van der Waals surface area contributed by atoms with Crippen LogP contribution >= 0.6 is 0 Å². The van der Waals surface area contributed by atoms with E-state index in [4.69, 9.17) is 10.8 Å². The molecular formula is C8H10F3N3O3. The van der Waals surface area contributed by atoms with Crippen LogP contribution in [0.5, 0.6) is 0 Å². The van der Waals surface area contributed by atoms with Gasteiger partial charge in [-0.25, -0.2) is 4.79 Å². The highest BCUT2D eigenvalue weighted by molar-refractivity contribution is 5.23. The molecule has 0 bridgehead atoms. The Hall–Kier alpha value is -1.61. The van der Waals surface area contributed by atoms with E-state index in [1.807, 2.05) is 0 Å². The lowest BCUT2D eigenvalue weighted by Gasteiger charge is -2.21. The molecule has 1 atom stereocenters. The number of hydrogen-bond acceptors (Lipinski definition) is 5. The van der Waals surface area contributed by atoms with Crippen molar-refractivity contribution in [1.29, 1.82) is 0 Å². The van der Waals surface area contributed by atoms with Gasteiger partial charge in [-0.1, -0.05) is 0 Å². The number of aliphatic hydroxyl groups excluding tert-OH is 1. The molecule has 1 heterocycles. The van der Waals surface area contributed by atoms with Gasteiger partial charge in [-0.3, -0.25) is 4.57 Å². The third kappa shape index (κ3) is 3.43. The molecule has 6 nitrogen and oxygen atoms in total. The fourth-order valence-electron chi connectivity index (χ4n) is 1.10. The number of nitrogens with two attached hydrogens (primary N) is 1. The van der Waals surface area contributed by atoms with Crippen molar-refractivity contribution in [3.63, 3.8) is 0 Å². The Morgan fingerprint density at radius 1 is 1.59 bits per heavy atom. The maximum absolute atomic E-state index is 12.6. The SMILES string of the molecule is Nc1ccn(C(OCCO)C(F)(F)F)c(=O)n1. The zero-order chi connectivity index (χ0) is 13.1. The highest BCUT2D eigenvalue weighted by Gasteiger charge is 2.42. The molecule has 1 aromatic heterocycles. The molecule has 1 rings (SSSR count). The van der Waals surface area contributed by atoms with Gasteiger partial charge in [-0.05, 0) is 6.07 Å². The van der Waals surface area contributed by atoms with E-state index in [1.165, 1.54) is 0 Å². The summed E-state index contributed by atoms with van der Waals surface area (Å²) < 4.78 is 42.4. The summed E-state index contributed by atoms with van der Waals surface area (Å²) >= 11 is 0. The number of nitrogens with zero attached hydrogens (tertiary/aromatic N) is 2. The molecule has 3 N–H and O–H groups in total. The average molecular weight is 253 g/mol. The molecule has 0 fully saturated rings. The van der Waals surface area contributed by atoms with Crippen LogP contribution in [-0.4, -0.2) is 34.0 Å². The first kappa shape index (κ1) is 13.5. The van der Waals surface area contributed by atoms with E-state index >= 15 is 0 Å². The maximum atomic E-state index is 12.6. The highest BCUT2D eigenvalue weighted by Crippen LogP contribution is 2.30. The molecule has 0 radical (unpaired) electrons. The van der Waals surface area contributed by atoms with Gasteiger partial charge in [0.25, 0.3) is 0 Å². The van der Waals surface area contributed by atoms with Crippen LogP contribution in [0.3, 0.4) is 0 Å². The zero-order valence-corrected chi connectivity index (χ0v) is 8.52. The van der Waals surface area contributed by atoms with E-state index < -0.39 is 31.3 Å². The lowest BCUT2D eigenvalue weighted by molar-refractivity contribution is -0.252. The van der Waals surface area contributed by atoms with Gasteiger partial charge < -0.3 is 15.6 Å². The number of nitrogen functional groups attached to an aromatic ring is 1. The number of alkyl halides is 3. The van der Waals surface area contributed by atoms with E-state index in [0.717, 1.165) is 12.3 Å². The Morgan fingerprint density at radius 2 is 2.24 bits per heavy atom. The van der Waals surface area contributed by atoms with Crippen molar-refractivity contribution in [2.45, 2.75) is 12.4 Å². The molecular weight excluding hydrogens is 243 g/mol. The smallest absolute Gasteiger partial charge is 0.394 e. The van der Waals surface area contributed by atoms with Gasteiger partial charge >= 0.3 is 11.9 Å². The van der Waals surface area contributed by atoms with E-state index in [2.05, 4.69) is 9.72 Å². The van der Waals surface area contributed by atoms with Gasteiger partial charge in [-0.15, -0.1) is 0 Å². The van der Waals surface area contributed by atoms with Gasteiger partial charge in [0.1, 0.15) is 5.82 Å². The summed E-state index contributed by atoms with van der Waals surface area (Å²) in [6, 6.07) is 1.04. The standard InChI is InChI=1S/C8H10F3N3O3/c9-8(10,11)6(17-4-3-15)14-2-1-5(12)13-7(14)16/h1-2,6,15H,3-4H2,(H2,12,13,16). The Bertz CT molecular complexity index is 432. The molecule has 0 aliphatic rings.